The van der Waals surface area contributed by atoms with Crippen molar-refractivity contribution in [2.24, 2.45) is 0 Å². The van der Waals surface area contributed by atoms with Crippen molar-refractivity contribution in [3.8, 4) is 73.6 Å². The van der Waals surface area contributed by atoms with Gasteiger partial charge in [-0.15, -0.1) is 11.3 Å². The van der Waals surface area contributed by atoms with Gasteiger partial charge in [-0.3, -0.25) is 4.98 Å². The Bertz CT molecular complexity index is 2920. The van der Waals surface area contributed by atoms with Crippen LogP contribution in [0.5, 0.6) is 0 Å². The summed E-state index contributed by atoms with van der Waals surface area (Å²) in [6.45, 7) is 4.49. The fourth-order valence-corrected chi connectivity index (χ4v) is 8.87. The van der Waals surface area contributed by atoms with Gasteiger partial charge in [0.2, 0.25) is 0 Å². The van der Waals surface area contributed by atoms with Crippen LogP contribution in [0.4, 0.5) is 0 Å². The molecule has 9 aromatic rings. The molecule has 1 aliphatic rings. The van der Waals surface area contributed by atoms with Crippen LogP contribution in [0.15, 0.2) is 152 Å². The number of thiophene rings is 1. The van der Waals surface area contributed by atoms with Crippen LogP contribution in [-0.2, 0) is 5.41 Å². The van der Waals surface area contributed by atoms with E-state index in [0.717, 1.165) is 49.2 Å². The Morgan fingerprint density at radius 1 is 0.500 bits per heavy atom. The summed E-state index contributed by atoms with van der Waals surface area (Å²) in [4.78, 5) is 20.2. The fraction of sp³-hybridized carbons (Fsp3) is 0.0625. The van der Waals surface area contributed by atoms with E-state index in [1.807, 2.05) is 79.0 Å². The SMILES string of the molecule is CC1(C)c2cc(C#N)ccc2-c2ccc(-c3cc(-c4cnc5c(c4)sc4ccccc45)cc(-c4nc(-c5ccccc5)nc(-c5ccccc5)n4)c3)cc21. The van der Waals surface area contributed by atoms with Gasteiger partial charge >= 0.3 is 0 Å². The van der Waals surface area contributed by atoms with Crippen LogP contribution < -0.4 is 0 Å². The first-order chi connectivity index (χ1) is 26.4. The van der Waals surface area contributed by atoms with Gasteiger partial charge in [0.05, 0.1) is 21.8 Å². The highest BCUT2D eigenvalue weighted by atomic mass is 32.1. The first-order valence-corrected chi connectivity index (χ1v) is 18.7. The number of nitrogens with zero attached hydrogens (tertiary/aromatic N) is 5. The summed E-state index contributed by atoms with van der Waals surface area (Å²) in [5, 5.41) is 10.9. The summed E-state index contributed by atoms with van der Waals surface area (Å²) in [6, 6.07) is 52.6. The van der Waals surface area contributed by atoms with Crippen molar-refractivity contribution in [1.82, 2.24) is 19.9 Å². The number of benzene rings is 6. The molecule has 0 radical (unpaired) electrons. The summed E-state index contributed by atoms with van der Waals surface area (Å²) >= 11 is 1.77. The zero-order valence-electron chi connectivity index (χ0n) is 29.6. The second-order valence-corrected chi connectivity index (χ2v) is 15.3. The third-order valence-corrected chi connectivity index (χ3v) is 11.7. The molecule has 0 atom stereocenters. The van der Waals surface area contributed by atoms with Crippen molar-refractivity contribution < 1.29 is 0 Å². The van der Waals surface area contributed by atoms with Crippen LogP contribution in [0.1, 0.15) is 30.5 Å². The van der Waals surface area contributed by atoms with E-state index in [4.69, 9.17) is 19.9 Å². The van der Waals surface area contributed by atoms with E-state index < -0.39 is 0 Å². The molecule has 1 aliphatic carbocycles. The van der Waals surface area contributed by atoms with Gasteiger partial charge in [-0.05, 0) is 87.5 Å². The highest BCUT2D eigenvalue weighted by Crippen LogP contribution is 2.50. The third kappa shape index (κ3) is 5.29. The van der Waals surface area contributed by atoms with E-state index in [1.165, 1.54) is 32.3 Å². The molecule has 3 heterocycles. The van der Waals surface area contributed by atoms with E-state index in [-0.39, 0.29) is 5.41 Å². The standard InChI is InChI=1S/C48H31N5S/c1-48(2)40-21-29(27-49)17-19-37(40)38-20-18-32(25-41(38)48)33-22-34(36-26-43-44(50-28-36)39-15-9-10-16-42(39)54-43)24-35(23-33)47-52-45(30-11-5-3-6-12-30)51-46(53-47)31-13-7-4-8-14-31/h3-26,28H,1-2H3. The van der Waals surface area contributed by atoms with E-state index >= 15 is 0 Å². The summed E-state index contributed by atoms with van der Waals surface area (Å²) in [5.74, 6) is 1.83. The largest absolute Gasteiger partial charge is 0.254 e. The highest BCUT2D eigenvalue weighted by Gasteiger charge is 2.36. The van der Waals surface area contributed by atoms with Crippen LogP contribution in [0.2, 0.25) is 0 Å². The van der Waals surface area contributed by atoms with Gasteiger partial charge < -0.3 is 0 Å². The molecule has 0 saturated carbocycles. The molecule has 54 heavy (non-hydrogen) atoms. The minimum absolute atomic E-state index is 0.270. The van der Waals surface area contributed by atoms with E-state index in [2.05, 4.69) is 92.7 Å². The zero-order valence-corrected chi connectivity index (χ0v) is 30.4. The molecule has 6 aromatic carbocycles. The highest BCUT2D eigenvalue weighted by molar-refractivity contribution is 7.25. The first kappa shape index (κ1) is 31.9. The lowest BCUT2D eigenvalue weighted by Gasteiger charge is -2.22. The molecule has 3 aromatic heterocycles. The number of rotatable bonds is 5. The molecule has 0 fully saturated rings. The minimum Gasteiger partial charge on any atom is -0.254 e. The molecule has 0 aliphatic heterocycles. The first-order valence-electron chi connectivity index (χ1n) is 17.9. The average molecular weight is 710 g/mol. The Labute approximate surface area is 317 Å². The van der Waals surface area contributed by atoms with Gasteiger partial charge in [0, 0.05) is 44.0 Å². The predicted molar refractivity (Wildman–Crippen MR) is 220 cm³/mol. The number of nitriles is 1. The van der Waals surface area contributed by atoms with Crippen LogP contribution >= 0.6 is 11.3 Å². The Balaban J connectivity index is 1.18. The number of hydrogen-bond donors (Lipinski definition) is 0. The maximum absolute atomic E-state index is 9.68. The number of aromatic nitrogens is 4. The molecule has 6 heteroatoms. The summed E-state index contributed by atoms with van der Waals surface area (Å²) < 4.78 is 2.37. The molecular formula is C48H31N5S. The normalized spacial score (nSPS) is 12.8. The smallest absolute Gasteiger partial charge is 0.164 e. The van der Waals surface area contributed by atoms with Crippen LogP contribution in [-0.4, -0.2) is 19.9 Å². The van der Waals surface area contributed by atoms with Crippen LogP contribution in [0, 0.1) is 11.3 Å². The molecule has 10 rings (SSSR count). The monoisotopic (exact) mass is 709 g/mol. The molecule has 0 bridgehead atoms. The molecule has 0 spiro atoms. The van der Waals surface area contributed by atoms with E-state index in [9.17, 15) is 5.26 Å². The molecule has 0 saturated heterocycles. The quantitative estimate of drug-likeness (QED) is 0.178. The molecule has 254 valence electrons. The minimum atomic E-state index is -0.270. The molecular weight excluding hydrogens is 679 g/mol. The maximum atomic E-state index is 9.68. The number of pyridine rings is 1. The molecule has 0 N–H and O–H groups in total. The predicted octanol–water partition coefficient (Wildman–Crippen LogP) is 12.1. The van der Waals surface area contributed by atoms with Gasteiger partial charge in [0.15, 0.2) is 17.5 Å². The van der Waals surface area contributed by atoms with Gasteiger partial charge in [0.1, 0.15) is 0 Å². The van der Waals surface area contributed by atoms with Crippen molar-refractivity contribution in [1.29, 1.82) is 5.26 Å². The second-order valence-electron chi connectivity index (χ2n) is 14.3. The Kier molecular flexibility index (Phi) is 7.33. The second kappa shape index (κ2) is 12.4. The van der Waals surface area contributed by atoms with Crippen molar-refractivity contribution in [3.05, 3.63) is 168 Å². The fourth-order valence-electron chi connectivity index (χ4n) is 7.77. The summed E-state index contributed by atoms with van der Waals surface area (Å²) in [6.07, 6.45) is 1.98. The molecule has 0 unspecified atom stereocenters. The Morgan fingerprint density at radius 2 is 1.07 bits per heavy atom. The molecule has 5 nitrogen and oxygen atoms in total. The van der Waals surface area contributed by atoms with Crippen molar-refractivity contribution in [3.63, 3.8) is 0 Å². The van der Waals surface area contributed by atoms with Crippen LogP contribution in [0.3, 0.4) is 0 Å². The van der Waals surface area contributed by atoms with E-state index in [1.54, 1.807) is 11.3 Å². The van der Waals surface area contributed by atoms with Crippen molar-refractivity contribution >= 4 is 31.6 Å². The molecule has 0 amide bonds. The third-order valence-electron chi connectivity index (χ3n) is 10.6. The Hall–Kier alpha value is -6.81. The van der Waals surface area contributed by atoms with Crippen LogP contribution in [0.25, 0.3) is 87.8 Å². The summed E-state index contributed by atoms with van der Waals surface area (Å²) in [5.41, 5.74) is 13.2. The lowest BCUT2D eigenvalue weighted by atomic mass is 9.81. The van der Waals surface area contributed by atoms with Gasteiger partial charge in [-0.25, -0.2) is 15.0 Å². The maximum Gasteiger partial charge on any atom is 0.164 e. The van der Waals surface area contributed by atoms with Gasteiger partial charge in [-0.1, -0.05) is 111 Å². The number of fused-ring (bicyclic) bond motifs is 6. The lowest BCUT2D eigenvalue weighted by Crippen LogP contribution is -2.15. The topological polar surface area (TPSA) is 75.3 Å². The Morgan fingerprint density at radius 3 is 1.76 bits per heavy atom. The van der Waals surface area contributed by atoms with Crippen molar-refractivity contribution in [2.45, 2.75) is 19.3 Å². The van der Waals surface area contributed by atoms with Crippen molar-refractivity contribution in [2.75, 3.05) is 0 Å². The summed E-state index contributed by atoms with van der Waals surface area (Å²) in [7, 11) is 0. The zero-order chi connectivity index (χ0) is 36.4. The van der Waals surface area contributed by atoms with E-state index in [0.29, 0.717) is 23.0 Å². The number of hydrogen-bond acceptors (Lipinski definition) is 6. The average Bonchev–Trinajstić information content (AvgIpc) is 3.71. The van der Waals surface area contributed by atoms with Gasteiger partial charge in [0.25, 0.3) is 0 Å². The lowest BCUT2D eigenvalue weighted by molar-refractivity contribution is 0.660. The van der Waals surface area contributed by atoms with Gasteiger partial charge in [-0.2, -0.15) is 5.26 Å².